The van der Waals surface area contributed by atoms with Gasteiger partial charge in [0, 0.05) is 53.8 Å². The zero-order valence-electron chi connectivity index (χ0n) is 27.6. The lowest BCUT2D eigenvalue weighted by Crippen LogP contribution is -2.57. The Morgan fingerprint density at radius 2 is 1.90 bits per heavy atom. The highest BCUT2D eigenvalue weighted by Crippen LogP contribution is 2.45. The normalized spacial score (nSPS) is 18.9. The number of carbonyl (C=O) groups is 1. The van der Waals surface area contributed by atoms with Crippen LogP contribution in [-0.2, 0) is 4.74 Å². The number of nitriles is 1. The van der Waals surface area contributed by atoms with Crippen LogP contribution in [0.5, 0.6) is 0 Å². The zero-order chi connectivity index (χ0) is 33.9. The van der Waals surface area contributed by atoms with Crippen molar-refractivity contribution in [2.45, 2.75) is 63.8 Å². The average Bonchev–Trinajstić information content (AvgIpc) is 3.46. The van der Waals surface area contributed by atoms with E-state index in [9.17, 15) is 10.1 Å². The van der Waals surface area contributed by atoms with Crippen molar-refractivity contribution in [2.75, 3.05) is 38.6 Å². The summed E-state index contributed by atoms with van der Waals surface area (Å²) in [6.07, 6.45) is 2.64. The van der Waals surface area contributed by atoms with Crippen molar-refractivity contribution in [3.63, 3.8) is 0 Å². The summed E-state index contributed by atoms with van der Waals surface area (Å²) in [5, 5.41) is 21.7. The van der Waals surface area contributed by atoms with Crippen LogP contribution in [-0.4, -0.2) is 92.3 Å². The molecule has 2 aliphatic rings. The van der Waals surface area contributed by atoms with Gasteiger partial charge in [0.15, 0.2) is 11.3 Å². The quantitative estimate of drug-likeness (QED) is 0.191. The highest BCUT2D eigenvalue weighted by molar-refractivity contribution is 6.44. The molecule has 0 N–H and O–H groups in total. The van der Waals surface area contributed by atoms with Crippen LogP contribution in [0.4, 0.5) is 10.6 Å². The second kappa shape index (κ2) is 12.3. The summed E-state index contributed by atoms with van der Waals surface area (Å²) in [4.78, 5) is 29.0. The predicted molar refractivity (Wildman–Crippen MR) is 189 cm³/mol. The van der Waals surface area contributed by atoms with Crippen LogP contribution >= 0.6 is 23.2 Å². The monoisotopic (exact) mass is 685 g/mol. The number of aromatic nitrogens is 5. The molecule has 2 aromatic carbocycles. The molecule has 2 saturated heterocycles. The molecule has 5 heterocycles. The first-order valence-electron chi connectivity index (χ1n) is 16.1. The molecule has 0 radical (unpaired) electrons. The van der Waals surface area contributed by atoms with E-state index < -0.39 is 11.7 Å². The summed E-state index contributed by atoms with van der Waals surface area (Å²) in [6, 6.07) is 13.9. The fourth-order valence-electron chi connectivity index (χ4n) is 6.85. The first kappa shape index (κ1) is 32.3. The number of benzene rings is 2. The molecular formula is C35H37Cl2N9O2. The van der Waals surface area contributed by atoms with Gasteiger partial charge in [-0.25, -0.2) is 14.5 Å². The Kier molecular flexibility index (Phi) is 8.30. The van der Waals surface area contributed by atoms with Gasteiger partial charge in [0.25, 0.3) is 0 Å². The molecule has 1 amide bonds. The molecule has 3 aromatic heterocycles. The van der Waals surface area contributed by atoms with E-state index >= 15 is 0 Å². The maximum atomic E-state index is 13.1. The number of nitrogens with zero attached hydrogens (tertiary/aromatic N) is 9. The molecule has 5 aromatic rings. The maximum absolute atomic E-state index is 13.1. The molecule has 48 heavy (non-hydrogen) atoms. The van der Waals surface area contributed by atoms with Crippen LogP contribution in [0.1, 0.15) is 46.1 Å². The van der Waals surface area contributed by atoms with Crippen LogP contribution in [0, 0.1) is 11.3 Å². The minimum atomic E-state index is -0.641. The number of hydrogen-bond donors (Lipinski definition) is 0. The number of fused-ring (bicyclic) bond motifs is 4. The standard InChI is InChI=1S/C35H37Cl2N9O2/c1-35(2,3)48-34(47)45-15-12-22(16-21(45)11-13-38)46-32-25-17-26(36)27(24-10-6-8-20-9-7-14-39-29(20)24)28(37)30(25)40-33(31(32)41-42-46)44-18-23(19-44)43(4)5/h6-10,14,17,21-23H,11-12,15-16,18-19H2,1-5H3/t21-,22+/m1/s1. The second-order valence-electron chi connectivity index (χ2n) is 13.9. The molecule has 13 heteroatoms. The molecule has 0 saturated carbocycles. The molecule has 248 valence electrons. The second-order valence-corrected chi connectivity index (χ2v) is 14.7. The van der Waals surface area contributed by atoms with Gasteiger partial charge in [0.1, 0.15) is 11.1 Å². The Morgan fingerprint density at radius 1 is 1.12 bits per heavy atom. The molecule has 2 atom stereocenters. The SMILES string of the molecule is CN(C)C1CN(c2nc3c(Cl)c(-c4cccc5cccnc45)c(Cl)cc3c3c2nnn3[C@H]2CCN(C(=O)OC(C)(C)C)[C@H](CC#N)C2)C1. The van der Waals surface area contributed by atoms with E-state index in [1.807, 2.05) is 61.9 Å². The summed E-state index contributed by atoms with van der Waals surface area (Å²) in [7, 11) is 4.15. The van der Waals surface area contributed by atoms with Crippen molar-refractivity contribution in [3.8, 4) is 17.2 Å². The van der Waals surface area contributed by atoms with Crippen molar-refractivity contribution < 1.29 is 9.53 Å². The van der Waals surface area contributed by atoms with Crippen LogP contribution in [0.25, 0.3) is 44.0 Å². The van der Waals surface area contributed by atoms with Gasteiger partial charge in [-0.1, -0.05) is 52.7 Å². The van der Waals surface area contributed by atoms with E-state index in [1.165, 1.54) is 0 Å². The fraction of sp³-hybridized carbons (Fsp3) is 0.429. The summed E-state index contributed by atoms with van der Waals surface area (Å²) in [6.45, 7) is 7.51. The Hall–Kier alpha value is -4.24. The minimum absolute atomic E-state index is 0.143. The zero-order valence-corrected chi connectivity index (χ0v) is 29.1. The Bertz CT molecular complexity index is 2090. The number of para-hydroxylation sites is 1. The maximum Gasteiger partial charge on any atom is 0.410 e. The van der Waals surface area contributed by atoms with Crippen molar-refractivity contribution in [1.82, 2.24) is 34.8 Å². The number of hydrogen-bond acceptors (Lipinski definition) is 9. The molecule has 11 nitrogen and oxygen atoms in total. The molecular weight excluding hydrogens is 649 g/mol. The molecule has 0 unspecified atom stereocenters. The topological polar surface area (TPSA) is 116 Å². The third kappa shape index (κ3) is 5.66. The largest absolute Gasteiger partial charge is 0.444 e. The lowest BCUT2D eigenvalue weighted by Gasteiger charge is -2.43. The third-order valence-corrected chi connectivity index (χ3v) is 10.0. The fourth-order valence-corrected chi connectivity index (χ4v) is 7.55. The van der Waals surface area contributed by atoms with E-state index in [0.29, 0.717) is 57.9 Å². The number of carbonyl (C=O) groups excluding carboxylic acids is 1. The van der Waals surface area contributed by atoms with Gasteiger partial charge in [-0.3, -0.25) is 4.98 Å². The minimum Gasteiger partial charge on any atom is -0.444 e. The summed E-state index contributed by atoms with van der Waals surface area (Å²) in [5.41, 5.74) is 3.69. The van der Waals surface area contributed by atoms with Crippen LogP contribution in [0.2, 0.25) is 10.0 Å². The van der Waals surface area contributed by atoms with Crippen molar-refractivity contribution in [1.29, 1.82) is 5.26 Å². The highest BCUT2D eigenvalue weighted by atomic mass is 35.5. The number of ether oxygens (including phenoxy) is 1. The van der Waals surface area contributed by atoms with Crippen molar-refractivity contribution >= 4 is 68.0 Å². The van der Waals surface area contributed by atoms with Crippen LogP contribution < -0.4 is 4.90 Å². The van der Waals surface area contributed by atoms with Gasteiger partial charge < -0.3 is 19.4 Å². The molecule has 0 spiro atoms. The third-order valence-electron chi connectivity index (χ3n) is 9.35. The first-order valence-corrected chi connectivity index (χ1v) is 16.9. The molecule has 0 aliphatic carbocycles. The molecule has 2 aliphatic heterocycles. The number of halogens is 2. The van der Waals surface area contributed by atoms with Crippen LogP contribution in [0.3, 0.4) is 0 Å². The van der Waals surface area contributed by atoms with Gasteiger partial charge in [-0.05, 0) is 59.8 Å². The van der Waals surface area contributed by atoms with Crippen LogP contribution in [0.15, 0.2) is 42.6 Å². The number of rotatable bonds is 5. The van der Waals surface area contributed by atoms with E-state index in [1.54, 1.807) is 11.1 Å². The Labute approximate surface area is 289 Å². The number of amides is 1. The number of piperidine rings is 1. The molecule has 2 fully saturated rings. The van der Waals surface area contributed by atoms with Gasteiger partial charge >= 0.3 is 6.09 Å². The summed E-state index contributed by atoms with van der Waals surface area (Å²) >= 11 is 14.4. The molecule has 0 bridgehead atoms. The van der Waals surface area contributed by atoms with E-state index in [0.717, 1.165) is 40.5 Å². The highest BCUT2D eigenvalue weighted by Gasteiger charge is 2.38. The summed E-state index contributed by atoms with van der Waals surface area (Å²) < 4.78 is 7.61. The Morgan fingerprint density at radius 3 is 2.62 bits per heavy atom. The van der Waals surface area contributed by atoms with Gasteiger partial charge in [0.05, 0.1) is 45.7 Å². The molecule has 7 rings (SSSR count). The van der Waals surface area contributed by atoms with E-state index in [4.69, 9.17) is 43.2 Å². The average molecular weight is 687 g/mol. The predicted octanol–water partition coefficient (Wildman–Crippen LogP) is 7.11. The lowest BCUT2D eigenvalue weighted by atomic mass is 9.95. The van der Waals surface area contributed by atoms with Gasteiger partial charge in [-0.2, -0.15) is 5.26 Å². The smallest absolute Gasteiger partial charge is 0.410 e. The first-order chi connectivity index (χ1) is 22.9. The number of likely N-dealkylation sites (N-methyl/N-ethyl adjacent to an activating group) is 1. The lowest BCUT2D eigenvalue weighted by molar-refractivity contribution is 0.00557. The van der Waals surface area contributed by atoms with E-state index in [2.05, 4.69) is 34.9 Å². The van der Waals surface area contributed by atoms with Gasteiger partial charge in [0.2, 0.25) is 0 Å². The van der Waals surface area contributed by atoms with Gasteiger partial charge in [-0.15, -0.1) is 5.10 Å². The number of anilines is 1. The Balaban J connectivity index is 1.38. The van der Waals surface area contributed by atoms with Crippen molar-refractivity contribution in [3.05, 3.63) is 52.6 Å². The van der Waals surface area contributed by atoms with E-state index in [-0.39, 0.29) is 18.5 Å². The number of likely N-dealkylation sites (tertiary alicyclic amines) is 1. The number of pyridine rings is 2. The summed E-state index contributed by atoms with van der Waals surface area (Å²) in [5.74, 6) is 0.716. The van der Waals surface area contributed by atoms with Crippen molar-refractivity contribution in [2.24, 2.45) is 0 Å².